The van der Waals surface area contributed by atoms with Gasteiger partial charge in [0, 0.05) is 17.6 Å². The molecule has 0 amide bonds. The van der Waals surface area contributed by atoms with Gasteiger partial charge < -0.3 is 0 Å². The monoisotopic (exact) mass is 203 g/mol. The number of nitrogens with zero attached hydrogens (tertiary/aromatic N) is 1. The molecular weight excluding hydrogens is 189 g/mol. The predicted molar refractivity (Wildman–Crippen MR) is 60.2 cm³/mol. The van der Waals surface area contributed by atoms with Crippen molar-refractivity contribution >= 4 is 10.9 Å². The van der Waals surface area contributed by atoms with E-state index in [1.807, 2.05) is 12.1 Å². The smallest absolute Gasteiger partial charge is 0.125 e. The quantitative estimate of drug-likeness (QED) is 0.727. The second kappa shape index (κ2) is 3.97. The molecule has 0 unspecified atom stereocenters. The minimum atomic E-state index is -0.225. The molecule has 0 N–H and O–H groups in total. The van der Waals surface area contributed by atoms with Gasteiger partial charge in [0.15, 0.2) is 0 Å². The van der Waals surface area contributed by atoms with Crippen molar-refractivity contribution in [2.75, 3.05) is 0 Å². The Labute approximate surface area is 89.0 Å². The Balaban J connectivity index is 2.56. The summed E-state index contributed by atoms with van der Waals surface area (Å²) in [6.45, 7) is 4.35. The van der Waals surface area contributed by atoms with E-state index < -0.39 is 0 Å². The molecule has 2 heteroatoms. The van der Waals surface area contributed by atoms with Crippen molar-refractivity contribution in [3.63, 3.8) is 0 Å². The zero-order valence-corrected chi connectivity index (χ0v) is 9.00. The van der Waals surface area contributed by atoms with Crippen molar-refractivity contribution in [2.45, 2.75) is 20.3 Å². The maximum Gasteiger partial charge on any atom is 0.125 e. The third-order valence-electron chi connectivity index (χ3n) is 2.42. The molecule has 1 heterocycles. The number of fused-ring (bicyclic) bond motifs is 1. The van der Waals surface area contributed by atoms with Crippen LogP contribution in [0.25, 0.3) is 10.9 Å². The molecular formula is C13H14FN. The van der Waals surface area contributed by atoms with E-state index in [4.69, 9.17) is 0 Å². The van der Waals surface area contributed by atoms with Crippen LogP contribution in [-0.4, -0.2) is 4.98 Å². The summed E-state index contributed by atoms with van der Waals surface area (Å²) in [5.41, 5.74) is 1.99. The topological polar surface area (TPSA) is 12.9 Å². The van der Waals surface area contributed by atoms with Crippen LogP contribution in [0.2, 0.25) is 0 Å². The number of hydrogen-bond donors (Lipinski definition) is 0. The molecule has 0 atom stereocenters. The summed E-state index contributed by atoms with van der Waals surface area (Å²) in [5.74, 6) is 0.373. The maximum absolute atomic E-state index is 13.0. The van der Waals surface area contributed by atoms with Gasteiger partial charge in [0.2, 0.25) is 0 Å². The van der Waals surface area contributed by atoms with E-state index in [2.05, 4.69) is 18.8 Å². The number of halogens is 1. The summed E-state index contributed by atoms with van der Waals surface area (Å²) in [6.07, 6.45) is 2.75. The number of pyridine rings is 1. The minimum Gasteiger partial charge on any atom is -0.256 e. The first-order valence-corrected chi connectivity index (χ1v) is 5.20. The lowest BCUT2D eigenvalue weighted by atomic mass is 10.00. The molecule has 0 bridgehead atoms. The van der Waals surface area contributed by atoms with Gasteiger partial charge >= 0.3 is 0 Å². The van der Waals surface area contributed by atoms with Gasteiger partial charge in [0.25, 0.3) is 0 Å². The van der Waals surface area contributed by atoms with Crippen LogP contribution in [0.3, 0.4) is 0 Å². The van der Waals surface area contributed by atoms with E-state index in [1.54, 1.807) is 6.20 Å². The summed E-state index contributed by atoms with van der Waals surface area (Å²) in [7, 11) is 0. The maximum atomic E-state index is 13.0. The fraction of sp³-hybridized carbons (Fsp3) is 0.308. The van der Waals surface area contributed by atoms with Crippen LogP contribution in [-0.2, 0) is 6.42 Å². The molecule has 0 spiro atoms. The van der Waals surface area contributed by atoms with Crippen LogP contribution in [0, 0.1) is 11.7 Å². The van der Waals surface area contributed by atoms with Crippen LogP contribution in [0.5, 0.6) is 0 Å². The van der Waals surface area contributed by atoms with E-state index in [9.17, 15) is 4.39 Å². The number of aromatic nitrogens is 1. The largest absolute Gasteiger partial charge is 0.256 e. The van der Waals surface area contributed by atoms with Crippen LogP contribution in [0.15, 0.2) is 30.5 Å². The van der Waals surface area contributed by atoms with Gasteiger partial charge in [-0.3, -0.25) is 4.98 Å². The van der Waals surface area contributed by atoms with E-state index in [0.717, 1.165) is 17.3 Å². The highest BCUT2D eigenvalue weighted by molar-refractivity contribution is 5.81. The van der Waals surface area contributed by atoms with E-state index in [-0.39, 0.29) is 5.82 Å². The average molecular weight is 203 g/mol. The van der Waals surface area contributed by atoms with Crippen molar-refractivity contribution in [1.82, 2.24) is 4.98 Å². The number of rotatable bonds is 2. The summed E-state index contributed by atoms with van der Waals surface area (Å²) in [6, 6.07) is 6.81. The SMILES string of the molecule is CC(C)Cc1ccnc2cc(F)ccc12. The fourth-order valence-electron chi connectivity index (χ4n) is 1.80. The summed E-state index contributed by atoms with van der Waals surface area (Å²) in [4.78, 5) is 4.17. The van der Waals surface area contributed by atoms with Gasteiger partial charge in [-0.2, -0.15) is 0 Å². The van der Waals surface area contributed by atoms with Gasteiger partial charge in [0.1, 0.15) is 5.82 Å². The lowest BCUT2D eigenvalue weighted by Crippen LogP contribution is -1.96. The molecule has 0 fully saturated rings. The lowest BCUT2D eigenvalue weighted by Gasteiger charge is -2.08. The Morgan fingerprint density at radius 3 is 2.80 bits per heavy atom. The normalized spacial score (nSPS) is 11.2. The molecule has 2 aromatic rings. The van der Waals surface area contributed by atoms with Gasteiger partial charge in [-0.05, 0) is 36.1 Å². The van der Waals surface area contributed by atoms with Gasteiger partial charge in [-0.1, -0.05) is 13.8 Å². The first-order chi connectivity index (χ1) is 7.16. The minimum absolute atomic E-state index is 0.225. The zero-order valence-electron chi connectivity index (χ0n) is 9.00. The molecule has 0 aliphatic rings. The third-order valence-corrected chi connectivity index (χ3v) is 2.42. The second-order valence-electron chi connectivity index (χ2n) is 4.23. The molecule has 2 rings (SSSR count). The summed E-state index contributed by atoms with van der Waals surface area (Å²) >= 11 is 0. The van der Waals surface area contributed by atoms with Crippen LogP contribution < -0.4 is 0 Å². The number of hydrogen-bond acceptors (Lipinski definition) is 1. The highest BCUT2D eigenvalue weighted by Gasteiger charge is 2.04. The predicted octanol–water partition coefficient (Wildman–Crippen LogP) is 3.57. The average Bonchev–Trinajstić information content (AvgIpc) is 2.16. The van der Waals surface area contributed by atoms with E-state index >= 15 is 0 Å². The molecule has 1 aromatic carbocycles. The molecule has 15 heavy (non-hydrogen) atoms. The Morgan fingerprint density at radius 2 is 2.07 bits per heavy atom. The highest BCUT2D eigenvalue weighted by atomic mass is 19.1. The first-order valence-electron chi connectivity index (χ1n) is 5.20. The van der Waals surface area contributed by atoms with Crippen molar-refractivity contribution in [1.29, 1.82) is 0 Å². The molecule has 0 radical (unpaired) electrons. The zero-order chi connectivity index (χ0) is 10.8. The molecule has 0 saturated heterocycles. The first kappa shape index (κ1) is 10.1. The summed E-state index contributed by atoms with van der Waals surface area (Å²) in [5, 5.41) is 1.06. The van der Waals surface area contributed by atoms with Crippen molar-refractivity contribution in [3.8, 4) is 0 Å². The number of benzene rings is 1. The second-order valence-corrected chi connectivity index (χ2v) is 4.23. The van der Waals surface area contributed by atoms with Gasteiger partial charge in [-0.25, -0.2) is 4.39 Å². The molecule has 0 aliphatic carbocycles. The molecule has 0 saturated carbocycles. The Kier molecular flexibility index (Phi) is 2.67. The van der Waals surface area contributed by atoms with Crippen molar-refractivity contribution in [3.05, 3.63) is 41.8 Å². The van der Waals surface area contributed by atoms with E-state index in [0.29, 0.717) is 5.92 Å². The highest BCUT2D eigenvalue weighted by Crippen LogP contribution is 2.20. The van der Waals surface area contributed by atoms with Crippen LogP contribution in [0.4, 0.5) is 4.39 Å². The molecule has 1 nitrogen and oxygen atoms in total. The molecule has 0 aliphatic heterocycles. The molecule has 78 valence electrons. The molecule has 1 aromatic heterocycles. The van der Waals surface area contributed by atoms with Gasteiger partial charge in [-0.15, -0.1) is 0 Å². The van der Waals surface area contributed by atoms with Crippen molar-refractivity contribution < 1.29 is 4.39 Å². The Hall–Kier alpha value is -1.44. The summed E-state index contributed by atoms with van der Waals surface area (Å²) < 4.78 is 13.0. The van der Waals surface area contributed by atoms with Crippen LogP contribution >= 0.6 is 0 Å². The van der Waals surface area contributed by atoms with E-state index in [1.165, 1.54) is 17.7 Å². The fourth-order valence-corrected chi connectivity index (χ4v) is 1.80. The Morgan fingerprint density at radius 1 is 1.27 bits per heavy atom. The third kappa shape index (κ3) is 2.14. The Bertz CT molecular complexity index is 477. The van der Waals surface area contributed by atoms with Gasteiger partial charge in [0.05, 0.1) is 5.52 Å². The van der Waals surface area contributed by atoms with Crippen LogP contribution in [0.1, 0.15) is 19.4 Å². The van der Waals surface area contributed by atoms with Crippen molar-refractivity contribution in [2.24, 2.45) is 5.92 Å². The standard InChI is InChI=1S/C13H14FN/c1-9(2)7-10-5-6-15-13-8-11(14)3-4-12(10)13/h3-6,8-9H,7H2,1-2H3. The lowest BCUT2D eigenvalue weighted by molar-refractivity contribution is 0.629.